The van der Waals surface area contributed by atoms with Crippen molar-refractivity contribution in [2.75, 3.05) is 13.2 Å². The highest BCUT2D eigenvalue weighted by atomic mass is 16.5. The minimum atomic E-state index is 0.400. The third-order valence-corrected chi connectivity index (χ3v) is 3.43. The molecule has 0 aromatic carbocycles. The molecule has 0 aromatic rings. The van der Waals surface area contributed by atoms with Crippen LogP contribution in [0, 0.1) is 5.92 Å². The van der Waals surface area contributed by atoms with Crippen molar-refractivity contribution in [2.24, 2.45) is 5.92 Å². The van der Waals surface area contributed by atoms with Gasteiger partial charge in [-0.3, -0.25) is 0 Å². The fourth-order valence-corrected chi connectivity index (χ4v) is 1.97. The smallest absolute Gasteiger partial charge is 0.0569 e. The summed E-state index contributed by atoms with van der Waals surface area (Å²) in [4.78, 5) is 0. The molecule has 1 rings (SSSR count). The first-order valence-corrected chi connectivity index (χ1v) is 6.55. The monoisotopic (exact) mass is 213 g/mol. The average Bonchev–Trinajstić information content (AvgIpc) is 2.69. The molecule has 0 spiro atoms. The van der Waals surface area contributed by atoms with Gasteiger partial charge in [-0.1, -0.05) is 26.7 Å². The molecule has 0 bridgehead atoms. The minimum absolute atomic E-state index is 0.400. The van der Waals surface area contributed by atoms with Crippen molar-refractivity contribution in [3.05, 3.63) is 0 Å². The van der Waals surface area contributed by atoms with Crippen LogP contribution in [0.5, 0.6) is 0 Å². The van der Waals surface area contributed by atoms with Gasteiger partial charge in [0.25, 0.3) is 0 Å². The van der Waals surface area contributed by atoms with E-state index < -0.39 is 0 Å². The van der Waals surface area contributed by atoms with Crippen LogP contribution in [0.4, 0.5) is 0 Å². The molecule has 1 aliphatic carbocycles. The summed E-state index contributed by atoms with van der Waals surface area (Å²) >= 11 is 0. The third kappa shape index (κ3) is 5.53. The Bertz CT molecular complexity index is 149. The maximum Gasteiger partial charge on any atom is 0.0569 e. The zero-order chi connectivity index (χ0) is 11.1. The van der Waals surface area contributed by atoms with E-state index in [1.807, 2.05) is 0 Å². The molecule has 0 amide bonds. The molecule has 2 heteroatoms. The van der Waals surface area contributed by atoms with Crippen LogP contribution in [0.2, 0.25) is 0 Å². The molecule has 0 aliphatic heterocycles. The van der Waals surface area contributed by atoms with E-state index in [2.05, 4.69) is 26.1 Å². The second-order valence-electron chi connectivity index (χ2n) is 5.11. The molecule has 1 N–H and O–H groups in total. The van der Waals surface area contributed by atoms with Gasteiger partial charge in [-0.25, -0.2) is 0 Å². The van der Waals surface area contributed by atoms with Crippen LogP contribution in [0.25, 0.3) is 0 Å². The Morgan fingerprint density at radius 3 is 2.47 bits per heavy atom. The van der Waals surface area contributed by atoms with Gasteiger partial charge in [-0.15, -0.1) is 0 Å². The minimum Gasteiger partial charge on any atom is -0.378 e. The fraction of sp³-hybridized carbons (Fsp3) is 1.00. The first-order valence-electron chi connectivity index (χ1n) is 6.55. The number of nitrogens with one attached hydrogen (secondary N) is 1. The van der Waals surface area contributed by atoms with Crippen LogP contribution in [-0.4, -0.2) is 25.3 Å². The normalized spacial score (nSPS) is 20.0. The summed E-state index contributed by atoms with van der Waals surface area (Å²) in [5.41, 5.74) is 0. The molecule has 90 valence electrons. The zero-order valence-electron chi connectivity index (χ0n) is 10.6. The molecule has 0 heterocycles. The lowest BCUT2D eigenvalue weighted by atomic mass is 10.1. The highest BCUT2D eigenvalue weighted by Crippen LogP contribution is 2.17. The molecule has 1 unspecified atom stereocenters. The summed E-state index contributed by atoms with van der Waals surface area (Å²) in [5.74, 6) is 0.632. The van der Waals surface area contributed by atoms with Crippen LogP contribution >= 0.6 is 0 Å². The second-order valence-corrected chi connectivity index (χ2v) is 5.11. The van der Waals surface area contributed by atoms with Crippen LogP contribution in [0.15, 0.2) is 0 Å². The first kappa shape index (κ1) is 13.0. The predicted molar refractivity (Wildman–Crippen MR) is 65.1 cm³/mol. The van der Waals surface area contributed by atoms with Crippen molar-refractivity contribution in [3.8, 4) is 0 Å². The maximum absolute atomic E-state index is 5.73. The van der Waals surface area contributed by atoms with Gasteiger partial charge in [0.15, 0.2) is 0 Å². The van der Waals surface area contributed by atoms with Crippen LogP contribution in [0.3, 0.4) is 0 Å². The van der Waals surface area contributed by atoms with E-state index in [1.165, 1.54) is 25.7 Å². The van der Waals surface area contributed by atoms with E-state index in [-0.39, 0.29) is 0 Å². The summed E-state index contributed by atoms with van der Waals surface area (Å²) in [6.07, 6.45) is 7.13. The van der Waals surface area contributed by atoms with Gasteiger partial charge in [0.1, 0.15) is 0 Å². The average molecular weight is 213 g/mol. The molecular weight excluding hydrogens is 186 g/mol. The number of hydrogen-bond acceptors (Lipinski definition) is 2. The standard InChI is InChI=1S/C13H27NO/c1-11(2)12(3)15-10-6-9-14-13-7-4-5-8-13/h11-14H,4-10H2,1-3H3. The van der Waals surface area contributed by atoms with Gasteiger partial charge in [-0.2, -0.15) is 0 Å². The fourth-order valence-electron chi connectivity index (χ4n) is 1.97. The number of ether oxygens (including phenoxy) is 1. The van der Waals surface area contributed by atoms with Crippen molar-refractivity contribution in [3.63, 3.8) is 0 Å². The summed E-state index contributed by atoms with van der Waals surface area (Å²) in [6, 6.07) is 0.799. The molecule has 1 aliphatic rings. The van der Waals surface area contributed by atoms with E-state index in [4.69, 9.17) is 4.74 Å². The summed E-state index contributed by atoms with van der Waals surface area (Å²) < 4.78 is 5.73. The first-order chi connectivity index (χ1) is 7.20. The molecular formula is C13H27NO. The lowest BCUT2D eigenvalue weighted by molar-refractivity contribution is 0.0340. The Hall–Kier alpha value is -0.0800. The Kier molecular flexibility index (Phi) is 6.26. The van der Waals surface area contributed by atoms with Gasteiger partial charge >= 0.3 is 0 Å². The second kappa shape index (κ2) is 7.24. The van der Waals surface area contributed by atoms with E-state index >= 15 is 0 Å². The molecule has 0 aromatic heterocycles. The van der Waals surface area contributed by atoms with Crippen molar-refractivity contribution < 1.29 is 4.74 Å². The largest absolute Gasteiger partial charge is 0.378 e. The third-order valence-electron chi connectivity index (χ3n) is 3.43. The lowest BCUT2D eigenvalue weighted by Gasteiger charge is -2.17. The molecule has 1 atom stereocenters. The van der Waals surface area contributed by atoms with Gasteiger partial charge in [0.05, 0.1) is 6.10 Å². The molecule has 15 heavy (non-hydrogen) atoms. The topological polar surface area (TPSA) is 21.3 Å². The van der Waals surface area contributed by atoms with Crippen molar-refractivity contribution in [1.29, 1.82) is 0 Å². The molecule has 1 fully saturated rings. The van der Waals surface area contributed by atoms with E-state index in [0.717, 1.165) is 25.6 Å². The van der Waals surface area contributed by atoms with Crippen molar-refractivity contribution in [2.45, 2.75) is 65.0 Å². The zero-order valence-corrected chi connectivity index (χ0v) is 10.6. The summed E-state index contributed by atoms with van der Waals surface area (Å²) in [6.45, 7) is 8.60. The Morgan fingerprint density at radius 1 is 1.20 bits per heavy atom. The number of hydrogen-bond donors (Lipinski definition) is 1. The van der Waals surface area contributed by atoms with Gasteiger partial charge in [-0.05, 0) is 38.6 Å². The molecule has 2 nitrogen and oxygen atoms in total. The van der Waals surface area contributed by atoms with Gasteiger partial charge in [0.2, 0.25) is 0 Å². The Labute approximate surface area is 94.8 Å². The number of rotatable bonds is 7. The highest BCUT2D eigenvalue weighted by molar-refractivity contribution is 4.73. The Balaban J connectivity index is 1.88. The van der Waals surface area contributed by atoms with Crippen LogP contribution in [-0.2, 0) is 4.74 Å². The van der Waals surface area contributed by atoms with Gasteiger partial charge < -0.3 is 10.1 Å². The molecule has 1 saturated carbocycles. The van der Waals surface area contributed by atoms with E-state index in [9.17, 15) is 0 Å². The molecule has 0 radical (unpaired) electrons. The highest BCUT2D eigenvalue weighted by Gasteiger charge is 2.13. The van der Waals surface area contributed by atoms with E-state index in [0.29, 0.717) is 12.0 Å². The predicted octanol–water partition coefficient (Wildman–Crippen LogP) is 2.97. The maximum atomic E-state index is 5.73. The quantitative estimate of drug-likeness (QED) is 0.656. The Morgan fingerprint density at radius 2 is 1.87 bits per heavy atom. The lowest BCUT2D eigenvalue weighted by Crippen LogP contribution is -2.28. The van der Waals surface area contributed by atoms with Crippen molar-refractivity contribution in [1.82, 2.24) is 5.32 Å². The van der Waals surface area contributed by atoms with Gasteiger partial charge in [0, 0.05) is 12.6 Å². The van der Waals surface area contributed by atoms with E-state index in [1.54, 1.807) is 0 Å². The molecule has 0 saturated heterocycles. The van der Waals surface area contributed by atoms with Crippen LogP contribution < -0.4 is 5.32 Å². The van der Waals surface area contributed by atoms with Crippen molar-refractivity contribution >= 4 is 0 Å². The summed E-state index contributed by atoms with van der Waals surface area (Å²) in [7, 11) is 0. The SMILES string of the molecule is CC(C)C(C)OCCCNC1CCCC1. The summed E-state index contributed by atoms with van der Waals surface area (Å²) in [5, 5.41) is 3.60. The van der Waals surface area contributed by atoms with Crippen LogP contribution in [0.1, 0.15) is 52.9 Å².